The zero-order valence-corrected chi connectivity index (χ0v) is 12.1. The van der Waals surface area contributed by atoms with Crippen LogP contribution in [0, 0.1) is 5.82 Å². The van der Waals surface area contributed by atoms with Crippen LogP contribution in [0.1, 0.15) is 24.2 Å². The van der Waals surface area contributed by atoms with Crippen LogP contribution in [0.5, 0.6) is 5.75 Å². The van der Waals surface area contributed by atoms with Crippen molar-refractivity contribution in [1.29, 1.82) is 0 Å². The highest BCUT2D eigenvalue weighted by Gasteiger charge is 2.21. The van der Waals surface area contributed by atoms with E-state index in [-0.39, 0.29) is 11.9 Å². The molecule has 2 aromatic rings. The Bertz CT molecular complexity index is 592. The smallest absolute Gasteiger partial charge is 0.142 e. The quantitative estimate of drug-likeness (QED) is 0.915. The van der Waals surface area contributed by atoms with Gasteiger partial charge in [0.25, 0.3) is 0 Å². The van der Waals surface area contributed by atoms with E-state index in [2.05, 4.69) is 10.3 Å². The van der Waals surface area contributed by atoms with Crippen molar-refractivity contribution in [2.24, 2.45) is 0 Å². The van der Waals surface area contributed by atoms with Crippen LogP contribution in [0.3, 0.4) is 0 Å². The minimum Gasteiger partial charge on any atom is -0.495 e. The summed E-state index contributed by atoms with van der Waals surface area (Å²) in [4.78, 5) is 4.32. The van der Waals surface area contributed by atoms with Gasteiger partial charge in [0.2, 0.25) is 0 Å². The summed E-state index contributed by atoms with van der Waals surface area (Å²) in [6, 6.07) is 7.84. The van der Waals surface area contributed by atoms with Crippen molar-refractivity contribution < 1.29 is 9.13 Å². The van der Waals surface area contributed by atoms with Gasteiger partial charge in [-0.2, -0.15) is 0 Å². The topological polar surface area (TPSA) is 34.2 Å². The fourth-order valence-corrected chi connectivity index (χ4v) is 2.24. The predicted octanol–water partition coefficient (Wildman–Crippen LogP) is 3.58. The van der Waals surface area contributed by atoms with Gasteiger partial charge in [-0.1, -0.05) is 24.6 Å². The second-order valence-corrected chi connectivity index (χ2v) is 4.68. The van der Waals surface area contributed by atoms with Crippen LogP contribution in [0.2, 0.25) is 5.02 Å². The van der Waals surface area contributed by atoms with Crippen LogP contribution in [0.15, 0.2) is 36.5 Å². The summed E-state index contributed by atoms with van der Waals surface area (Å²) in [6.07, 6.45) is 1.66. The normalized spacial score (nSPS) is 12.2. The van der Waals surface area contributed by atoms with Crippen molar-refractivity contribution >= 4 is 11.6 Å². The Hall–Kier alpha value is -1.65. The monoisotopic (exact) mass is 294 g/mol. The molecule has 1 aromatic carbocycles. The molecule has 1 atom stereocenters. The number of rotatable bonds is 5. The SMILES string of the molecule is CCNC(c1ccc(Cl)cc1F)c1ncccc1OC. The lowest BCUT2D eigenvalue weighted by Gasteiger charge is -2.20. The van der Waals surface area contributed by atoms with Gasteiger partial charge in [-0.05, 0) is 30.8 Å². The molecule has 0 aliphatic rings. The molecule has 0 amide bonds. The van der Waals surface area contributed by atoms with Gasteiger partial charge in [0, 0.05) is 16.8 Å². The van der Waals surface area contributed by atoms with Crippen molar-refractivity contribution in [3.63, 3.8) is 0 Å². The van der Waals surface area contributed by atoms with Gasteiger partial charge in [-0.15, -0.1) is 0 Å². The number of hydrogen-bond donors (Lipinski definition) is 1. The molecule has 5 heteroatoms. The van der Waals surface area contributed by atoms with Gasteiger partial charge in [0.1, 0.15) is 17.3 Å². The molecule has 0 aliphatic heterocycles. The summed E-state index contributed by atoms with van der Waals surface area (Å²) in [5, 5.41) is 3.59. The molecule has 1 heterocycles. The second-order valence-electron chi connectivity index (χ2n) is 4.25. The third kappa shape index (κ3) is 3.08. The lowest BCUT2D eigenvalue weighted by molar-refractivity contribution is 0.399. The van der Waals surface area contributed by atoms with Crippen molar-refractivity contribution in [2.75, 3.05) is 13.7 Å². The molecule has 1 aromatic heterocycles. The van der Waals surface area contributed by atoms with Crippen LogP contribution in [0.25, 0.3) is 0 Å². The zero-order chi connectivity index (χ0) is 14.5. The first kappa shape index (κ1) is 14.8. The minimum atomic E-state index is -0.381. The summed E-state index contributed by atoms with van der Waals surface area (Å²) in [5.41, 5.74) is 1.14. The first-order valence-corrected chi connectivity index (χ1v) is 6.72. The molecule has 0 aliphatic carbocycles. The molecule has 0 fully saturated rings. The Labute approximate surface area is 122 Å². The molecule has 1 N–H and O–H groups in total. The maximum Gasteiger partial charge on any atom is 0.142 e. The lowest BCUT2D eigenvalue weighted by atomic mass is 10.0. The number of methoxy groups -OCH3 is 1. The molecule has 20 heavy (non-hydrogen) atoms. The average molecular weight is 295 g/mol. The molecule has 0 spiro atoms. The molecule has 0 radical (unpaired) electrons. The minimum absolute atomic E-state index is 0.365. The van der Waals surface area contributed by atoms with E-state index in [1.807, 2.05) is 6.92 Å². The summed E-state index contributed by atoms with van der Waals surface area (Å²) in [7, 11) is 1.57. The van der Waals surface area contributed by atoms with Gasteiger partial charge in [-0.25, -0.2) is 4.39 Å². The Kier molecular flexibility index (Phi) is 4.93. The number of ether oxygens (including phenoxy) is 1. The van der Waals surface area contributed by atoms with Gasteiger partial charge in [0.05, 0.1) is 13.2 Å². The zero-order valence-electron chi connectivity index (χ0n) is 11.4. The third-order valence-electron chi connectivity index (χ3n) is 2.97. The molecule has 0 saturated carbocycles. The van der Waals surface area contributed by atoms with Gasteiger partial charge < -0.3 is 10.1 Å². The van der Waals surface area contributed by atoms with Gasteiger partial charge in [0.15, 0.2) is 0 Å². The van der Waals surface area contributed by atoms with Crippen LogP contribution >= 0.6 is 11.6 Å². The largest absolute Gasteiger partial charge is 0.495 e. The number of aromatic nitrogens is 1. The van der Waals surface area contributed by atoms with Crippen molar-refractivity contribution in [3.8, 4) is 5.75 Å². The van der Waals surface area contributed by atoms with Crippen molar-refractivity contribution in [2.45, 2.75) is 13.0 Å². The van der Waals surface area contributed by atoms with Crippen molar-refractivity contribution in [1.82, 2.24) is 10.3 Å². The van der Waals surface area contributed by atoms with E-state index in [1.165, 1.54) is 6.07 Å². The van der Waals surface area contributed by atoms with Gasteiger partial charge >= 0.3 is 0 Å². The number of pyridine rings is 1. The molecule has 106 valence electrons. The number of hydrogen-bond acceptors (Lipinski definition) is 3. The number of benzene rings is 1. The number of nitrogens with zero attached hydrogens (tertiary/aromatic N) is 1. The molecular formula is C15H16ClFN2O. The lowest BCUT2D eigenvalue weighted by Crippen LogP contribution is -2.24. The van der Waals surface area contributed by atoms with E-state index in [9.17, 15) is 4.39 Å². The molecular weight excluding hydrogens is 279 g/mol. The summed E-state index contributed by atoms with van der Waals surface area (Å²) in [5.74, 6) is 0.254. The van der Waals surface area contributed by atoms with Crippen LogP contribution in [0.4, 0.5) is 4.39 Å². The van der Waals surface area contributed by atoms with E-state index in [0.29, 0.717) is 28.6 Å². The molecule has 2 rings (SSSR count). The fraction of sp³-hybridized carbons (Fsp3) is 0.267. The van der Waals surface area contributed by atoms with Crippen LogP contribution < -0.4 is 10.1 Å². The maximum atomic E-state index is 14.2. The van der Waals surface area contributed by atoms with E-state index in [1.54, 1.807) is 37.6 Å². The molecule has 0 bridgehead atoms. The third-order valence-corrected chi connectivity index (χ3v) is 3.21. The summed E-state index contributed by atoms with van der Waals surface area (Å²) >= 11 is 5.80. The highest BCUT2D eigenvalue weighted by atomic mass is 35.5. The fourth-order valence-electron chi connectivity index (χ4n) is 2.09. The first-order chi connectivity index (χ1) is 9.67. The molecule has 0 saturated heterocycles. The van der Waals surface area contributed by atoms with E-state index < -0.39 is 0 Å². The van der Waals surface area contributed by atoms with Crippen molar-refractivity contribution in [3.05, 3.63) is 58.6 Å². The second kappa shape index (κ2) is 6.68. The summed E-state index contributed by atoms with van der Waals surface area (Å²) < 4.78 is 19.5. The number of nitrogens with one attached hydrogen (secondary N) is 1. The first-order valence-electron chi connectivity index (χ1n) is 6.34. The molecule has 3 nitrogen and oxygen atoms in total. The van der Waals surface area contributed by atoms with E-state index >= 15 is 0 Å². The van der Waals surface area contributed by atoms with Crippen LogP contribution in [-0.4, -0.2) is 18.6 Å². The average Bonchev–Trinajstić information content (AvgIpc) is 2.45. The number of halogens is 2. The maximum absolute atomic E-state index is 14.2. The summed E-state index contributed by atoms with van der Waals surface area (Å²) in [6.45, 7) is 2.63. The van der Waals surface area contributed by atoms with Crippen LogP contribution in [-0.2, 0) is 0 Å². The van der Waals surface area contributed by atoms with E-state index in [4.69, 9.17) is 16.3 Å². The molecule has 1 unspecified atom stereocenters. The standard InChI is InChI=1S/C15H16ClFN2O/c1-3-18-14(11-7-6-10(16)9-12(11)17)15-13(20-2)5-4-8-19-15/h4-9,14,18H,3H2,1-2H3. The highest BCUT2D eigenvalue weighted by Crippen LogP contribution is 2.30. The Balaban J connectivity index is 2.50. The van der Waals surface area contributed by atoms with Gasteiger partial charge in [-0.3, -0.25) is 4.98 Å². The highest BCUT2D eigenvalue weighted by molar-refractivity contribution is 6.30. The Morgan fingerprint density at radius 2 is 2.20 bits per heavy atom. The Morgan fingerprint density at radius 3 is 2.85 bits per heavy atom. The van der Waals surface area contributed by atoms with E-state index in [0.717, 1.165) is 0 Å². The predicted molar refractivity (Wildman–Crippen MR) is 77.7 cm³/mol. The Morgan fingerprint density at radius 1 is 1.40 bits per heavy atom.